The molecule has 0 heterocycles. The number of amides is 3. The number of rotatable bonds is 15. The Hall–Kier alpha value is -2.34. The molecule has 0 aromatic heterocycles. The summed E-state index contributed by atoms with van der Waals surface area (Å²) in [7, 11) is 0. The summed E-state index contributed by atoms with van der Waals surface area (Å²) in [4.78, 5) is 59.8. The van der Waals surface area contributed by atoms with Crippen molar-refractivity contribution >= 4 is 42.3 Å². The number of hydrogen-bond acceptors (Lipinski definition) is 7. The first kappa shape index (κ1) is 29.7. The second-order valence-electron chi connectivity index (χ2n) is 8.50. The average molecular weight is 477 g/mol. The van der Waals surface area contributed by atoms with Gasteiger partial charge < -0.3 is 31.9 Å². The third-order valence-electron chi connectivity index (χ3n) is 4.48. The molecule has 0 spiro atoms. The van der Waals surface area contributed by atoms with E-state index in [0.29, 0.717) is 0 Å². The molecule has 0 aromatic carbocycles. The molecule has 0 aliphatic rings. The van der Waals surface area contributed by atoms with Crippen LogP contribution in [-0.2, 0) is 24.0 Å². The summed E-state index contributed by atoms with van der Waals surface area (Å²) in [6, 6.07) is -4.33. The zero-order valence-electron chi connectivity index (χ0n) is 19.0. The van der Waals surface area contributed by atoms with Gasteiger partial charge in [-0.2, -0.15) is 12.6 Å². The molecular formula is C20H36N4O7S. The van der Waals surface area contributed by atoms with Crippen molar-refractivity contribution in [3.05, 3.63) is 0 Å². The molecule has 0 rings (SSSR count). The number of carboxylic acids is 2. The van der Waals surface area contributed by atoms with Crippen LogP contribution in [-0.4, -0.2) is 69.8 Å². The van der Waals surface area contributed by atoms with Crippen LogP contribution in [0.25, 0.3) is 0 Å². The zero-order valence-corrected chi connectivity index (χ0v) is 19.9. The number of hydrogen-bond donors (Lipinski definition) is 7. The van der Waals surface area contributed by atoms with Crippen molar-refractivity contribution in [3.63, 3.8) is 0 Å². The summed E-state index contributed by atoms with van der Waals surface area (Å²) in [6.07, 6.45) is 0.128. The third-order valence-corrected chi connectivity index (χ3v) is 4.85. The van der Waals surface area contributed by atoms with E-state index in [1.807, 2.05) is 27.7 Å². The minimum Gasteiger partial charge on any atom is -0.481 e. The fraction of sp³-hybridized carbons (Fsp3) is 0.750. The van der Waals surface area contributed by atoms with E-state index in [4.69, 9.17) is 15.9 Å². The van der Waals surface area contributed by atoms with Gasteiger partial charge in [-0.05, 0) is 31.1 Å². The second-order valence-corrected chi connectivity index (χ2v) is 8.87. The van der Waals surface area contributed by atoms with Gasteiger partial charge in [0, 0.05) is 12.2 Å². The number of nitrogens with one attached hydrogen (secondary N) is 3. The highest BCUT2D eigenvalue weighted by Crippen LogP contribution is 2.10. The molecular weight excluding hydrogens is 440 g/mol. The van der Waals surface area contributed by atoms with Gasteiger partial charge in [0.2, 0.25) is 17.7 Å². The lowest BCUT2D eigenvalue weighted by Crippen LogP contribution is -2.57. The predicted octanol–water partition coefficient (Wildman–Crippen LogP) is -0.260. The Morgan fingerprint density at radius 2 is 1.19 bits per heavy atom. The van der Waals surface area contributed by atoms with Gasteiger partial charge in [-0.3, -0.25) is 19.2 Å². The van der Waals surface area contributed by atoms with Gasteiger partial charge in [-0.1, -0.05) is 27.7 Å². The lowest BCUT2D eigenvalue weighted by Gasteiger charge is -2.26. The van der Waals surface area contributed by atoms with E-state index < -0.39 is 53.8 Å². The van der Waals surface area contributed by atoms with Crippen molar-refractivity contribution in [1.82, 2.24) is 16.0 Å². The molecule has 0 fully saturated rings. The van der Waals surface area contributed by atoms with E-state index in [1.54, 1.807) is 0 Å². The molecule has 32 heavy (non-hydrogen) atoms. The van der Waals surface area contributed by atoms with E-state index in [0.717, 1.165) is 0 Å². The van der Waals surface area contributed by atoms with Crippen molar-refractivity contribution in [2.45, 2.75) is 77.5 Å². The molecule has 0 saturated heterocycles. The van der Waals surface area contributed by atoms with Gasteiger partial charge in [0.05, 0.1) is 6.04 Å². The van der Waals surface area contributed by atoms with Crippen LogP contribution in [0.1, 0.15) is 53.4 Å². The Kier molecular flexibility index (Phi) is 13.6. The monoisotopic (exact) mass is 476 g/mol. The number of nitrogens with two attached hydrogens (primary N) is 1. The Balaban J connectivity index is 5.39. The van der Waals surface area contributed by atoms with Gasteiger partial charge in [0.1, 0.15) is 18.1 Å². The van der Waals surface area contributed by atoms with Gasteiger partial charge in [0.25, 0.3) is 0 Å². The maximum Gasteiger partial charge on any atom is 0.327 e. The summed E-state index contributed by atoms with van der Waals surface area (Å²) in [5, 5.41) is 25.4. The molecule has 3 amide bonds. The van der Waals surface area contributed by atoms with Crippen LogP contribution >= 0.6 is 12.6 Å². The van der Waals surface area contributed by atoms with E-state index in [-0.39, 0.29) is 43.3 Å². The van der Waals surface area contributed by atoms with Crippen molar-refractivity contribution in [2.75, 3.05) is 5.75 Å². The maximum atomic E-state index is 12.9. The first-order chi connectivity index (χ1) is 14.8. The fourth-order valence-electron chi connectivity index (χ4n) is 2.82. The lowest BCUT2D eigenvalue weighted by atomic mass is 9.99. The number of carbonyl (C=O) groups is 5. The van der Waals surface area contributed by atoms with Crippen LogP contribution < -0.4 is 21.7 Å². The maximum absolute atomic E-state index is 12.9. The van der Waals surface area contributed by atoms with Gasteiger partial charge in [-0.25, -0.2) is 4.79 Å². The highest BCUT2D eigenvalue weighted by molar-refractivity contribution is 7.80. The zero-order chi connectivity index (χ0) is 25.0. The van der Waals surface area contributed by atoms with Crippen molar-refractivity contribution in [3.8, 4) is 0 Å². The van der Waals surface area contributed by atoms with Crippen molar-refractivity contribution < 1.29 is 34.2 Å². The van der Waals surface area contributed by atoms with E-state index in [2.05, 4.69) is 28.6 Å². The quantitative estimate of drug-likeness (QED) is 0.157. The van der Waals surface area contributed by atoms with E-state index in [9.17, 15) is 24.0 Å². The lowest BCUT2D eigenvalue weighted by molar-refractivity contribution is -0.142. The summed E-state index contributed by atoms with van der Waals surface area (Å²) >= 11 is 3.92. The molecule has 0 aliphatic carbocycles. The Morgan fingerprint density at radius 1 is 0.781 bits per heavy atom. The molecule has 12 heteroatoms. The van der Waals surface area contributed by atoms with Crippen LogP contribution in [0.2, 0.25) is 0 Å². The third kappa shape index (κ3) is 11.9. The topological polar surface area (TPSA) is 188 Å². The molecule has 4 unspecified atom stereocenters. The fourth-order valence-corrected chi connectivity index (χ4v) is 3.07. The van der Waals surface area contributed by atoms with Gasteiger partial charge >= 0.3 is 11.9 Å². The van der Waals surface area contributed by atoms with E-state index in [1.165, 1.54) is 0 Å². The molecule has 0 radical (unpaired) electrons. The molecule has 11 nitrogen and oxygen atoms in total. The van der Waals surface area contributed by atoms with Crippen LogP contribution in [0, 0.1) is 11.8 Å². The molecule has 0 bridgehead atoms. The summed E-state index contributed by atoms with van der Waals surface area (Å²) < 4.78 is 0. The van der Waals surface area contributed by atoms with E-state index >= 15 is 0 Å². The Labute approximate surface area is 193 Å². The summed E-state index contributed by atoms with van der Waals surface area (Å²) in [5.74, 6) is -4.39. The van der Waals surface area contributed by atoms with Crippen LogP contribution in [0.4, 0.5) is 0 Å². The second kappa shape index (κ2) is 14.7. The molecule has 184 valence electrons. The van der Waals surface area contributed by atoms with Gasteiger partial charge in [0.15, 0.2) is 0 Å². The molecule has 0 aliphatic heterocycles. The Bertz CT molecular complexity index is 672. The highest BCUT2D eigenvalue weighted by atomic mass is 32.1. The average Bonchev–Trinajstić information content (AvgIpc) is 2.67. The smallest absolute Gasteiger partial charge is 0.327 e. The molecule has 0 saturated carbocycles. The predicted molar refractivity (Wildman–Crippen MR) is 121 cm³/mol. The SMILES string of the molecule is CC(C)CC(NC(=O)C(N)CCC(=O)O)C(=O)NC(CC(C)C)C(=O)NC(CS)C(=O)O. The number of aliphatic carboxylic acids is 2. The molecule has 4 atom stereocenters. The standard InChI is InChI=1S/C20H36N4O7S/c1-10(2)7-13(22-17(27)12(21)5-6-16(25)26)18(28)23-14(8-11(3)4)19(29)24-15(9-32)20(30)31/h10-15,32H,5-9,21H2,1-4H3,(H,22,27)(H,23,28)(H,24,29)(H,25,26)(H,30,31). The summed E-state index contributed by atoms with van der Waals surface area (Å²) in [5.41, 5.74) is 5.72. The summed E-state index contributed by atoms with van der Waals surface area (Å²) in [6.45, 7) is 7.38. The van der Waals surface area contributed by atoms with Gasteiger partial charge in [-0.15, -0.1) is 0 Å². The van der Waals surface area contributed by atoms with Crippen LogP contribution in [0.15, 0.2) is 0 Å². The first-order valence-corrected chi connectivity index (χ1v) is 11.1. The largest absolute Gasteiger partial charge is 0.481 e. The normalized spacial score (nSPS) is 14.9. The number of carboxylic acid groups (broad SMARTS) is 2. The first-order valence-electron chi connectivity index (χ1n) is 10.5. The van der Waals surface area contributed by atoms with Crippen LogP contribution in [0.3, 0.4) is 0 Å². The van der Waals surface area contributed by atoms with Crippen molar-refractivity contribution in [2.24, 2.45) is 17.6 Å². The van der Waals surface area contributed by atoms with Crippen molar-refractivity contribution in [1.29, 1.82) is 0 Å². The molecule has 0 aromatic rings. The minimum absolute atomic E-state index is 0.00732. The Morgan fingerprint density at radius 3 is 1.53 bits per heavy atom. The number of thiol groups is 1. The number of carbonyl (C=O) groups excluding carboxylic acids is 3. The minimum atomic E-state index is -1.25. The van der Waals surface area contributed by atoms with Crippen LogP contribution in [0.5, 0.6) is 0 Å². The highest BCUT2D eigenvalue weighted by Gasteiger charge is 2.30. The molecule has 7 N–H and O–H groups in total.